The number of carbonyl (C=O) groups excluding carboxylic acids is 1. The van der Waals surface area contributed by atoms with Crippen molar-refractivity contribution in [2.75, 3.05) is 16.2 Å². The van der Waals surface area contributed by atoms with E-state index in [1.165, 1.54) is 13.0 Å². The highest BCUT2D eigenvalue weighted by Gasteiger charge is 2.28. The van der Waals surface area contributed by atoms with Crippen molar-refractivity contribution in [3.05, 3.63) is 23.8 Å². The standard InChI is InChI=1S/C13H16N2O5S/c1-8(13(17)18)21(19,20)14-11-3-4-12-10(7-11)5-6-15(12)9(2)16/h3-4,7-8,14H,5-6H2,1-2H3,(H,17,18). The largest absolute Gasteiger partial charge is 0.480 e. The summed E-state index contributed by atoms with van der Waals surface area (Å²) in [6, 6.07) is 4.81. The molecule has 2 N–H and O–H groups in total. The molecule has 1 unspecified atom stereocenters. The third-order valence-corrected chi connectivity index (χ3v) is 5.08. The lowest BCUT2D eigenvalue weighted by Crippen LogP contribution is -2.32. The van der Waals surface area contributed by atoms with Gasteiger partial charge in [-0.3, -0.25) is 14.3 Å². The Morgan fingerprint density at radius 2 is 2.05 bits per heavy atom. The average Bonchev–Trinajstić information content (AvgIpc) is 2.80. The zero-order valence-corrected chi connectivity index (χ0v) is 12.5. The van der Waals surface area contributed by atoms with Gasteiger partial charge in [0.25, 0.3) is 0 Å². The number of nitrogens with one attached hydrogen (secondary N) is 1. The van der Waals surface area contributed by atoms with Crippen LogP contribution in [-0.2, 0) is 26.0 Å². The lowest BCUT2D eigenvalue weighted by atomic mass is 10.1. The monoisotopic (exact) mass is 312 g/mol. The molecule has 2 rings (SSSR count). The van der Waals surface area contributed by atoms with E-state index in [2.05, 4.69) is 4.72 Å². The molecule has 1 aromatic rings. The summed E-state index contributed by atoms with van der Waals surface area (Å²) >= 11 is 0. The van der Waals surface area contributed by atoms with Crippen LogP contribution in [0.15, 0.2) is 18.2 Å². The molecule has 0 bridgehead atoms. The van der Waals surface area contributed by atoms with Gasteiger partial charge >= 0.3 is 5.97 Å². The zero-order valence-electron chi connectivity index (χ0n) is 11.7. The number of carboxylic acid groups (broad SMARTS) is 1. The number of rotatable bonds is 4. The van der Waals surface area contributed by atoms with Crippen LogP contribution in [0.1, 0.15) is 19.4 Å². The molecule has 0 aliphatic carbocycles. The minimum Gasteiger partial charge on any atom is -0.480 e. The molecule has 21 heavy (non-hydrogen) atoms. The van der Waals surface area contributed by atoms with Crippen LogP contribution in [-0.4, -0.2) is 37.2 Å². The van der Waals surface area contributed by atoms with Gasteiger partial charge in [-0.1, -0.05) is 0 Å². The first-order chi connectivity index (χ1) is 9.72. The molecule has 114 valence electrons. The maximum Gasteiger partial charge on any atom is 0.323 e. The molecule has 8 heteroatoms. The van der Waals surface area contributed by atoms with Gasteiger partial charge in [-0.05, 0) is 37.1 Å². The average molecular weight is 312 g/mol. The molecule has 1 atom stereocenters. The molecule has 1 heterocycles. The summed E-state index contributed by atoms with van der Waals surface area (Å²) in [4.78, 5) is 23.8. The zero-order chi connectivity index (χ0) is 15.8. The van der Waals surface area contributed by atoms with Crippen molar-refractivity contribution >= 4 is 33.3 Å². The highest BCUT2D eigenvalue weighted by molar-refractivity contribution is 7.94. The van der Waals surface area contributed by atoms with E-state index >= 15 is 0 Å². The van der Waals surface area contributed by atoms with Gasteiger partial charge in [0.15, 0.2) is 5.25 Å². The van der Waals surface area contributed by atoms with E-state index in [1.807, 2.05) is 0 Å². The van der Waals surface area contributed by atoms with Crippen LogP contribution in [0.4, 0.5) is 11.4 Å². The van der Waals surface area contributed by atoms with E-state index in [-0.39, 0.29) is 5.91 Å². The first-order valence-electron chi connectivity index (χ1n) is 6.38. The number of amides is 1. The maximum absolute atomic E-state index is 11.9. The second-order valence-corrected chi connectivity index (χ2v) is 6.89. The number of fused-ring (bicyclic) bond motifs is 1. The molecule has 1 aliphatic rings. The number of carboxylic acids is 1. The van der Waals surface area contributed by atoms with Gasteiger partial charge < -0.3 is 10.0 Å². The Morgan fingerprint density at radius 1 is 1.38 bits per heavy atom. The second kappa shape index (κ2) is 5.36. The van der Waals surface area contributed by atoms with Crippen LogP contribution >= 0.6 is 0 Å². The SMILES string of the molecule is CC(=O)N1CCc2cc(NS(=O)(=O)C(C)C(=O)O)ccc21. The summed E-state index contributed by atoms with van der Waals surface area (Å²) in [5, 5.41) is 7.24. The minimum absolute atomic E-state index is 0.0680. The summed E-state index contributed by atoms with van der Waals surface area (Å²) < 4.78 is 26.0. The molecule has 0 spiro atoms. The van der Waals surface area contributed by atoms with Crippen LogP contribution in [0.5, 0.6) is 0 Å². The van der Waals surface area contributed by atoms with Crippen LogP contribution in [0.3, 0.4) is 0 Å². The van der Waals surface area contributed by atoms with E-state index in [0.29, 0.717) is 18.7 Å². The van der Waals surface area contributed by atoms with Gasteiger partial charge in [0.05, 0.1) is 0 Å². The van der Waals surface area contributed by atoms with Crippen molar-refractivity contribution in [1.29, 1.82) is 0 Å². The number of nitrogens with zero attached hydrogens (tertiary/aromatic N) is 1. The van der Waals surface area contributed by atoms with E-state index in [9.17, 15) is 18.0 Å². The second-order valence-electron chi connectivity index (χ2n) is 4.89. The third kappa shape index (κ3) is 2.99. The molecule has 7 nitrogen and oxygen atoms in total. The van der Waals surface area contributed by atoms with Crippen LogP contribution in [0.25, 0.3) is 0 Å². The van der Waals surface area contributed by atoms with Gasteiger partial charge in [-0.25, -0.2) is 8.42 Å². The van der Waals surface area contributed by atoms with Crippen molar-refractivity contribution in [3.8, 4) is 0 Å². The molecule has 0 saturated carbocycles. The molecule has 0 aromatic heterocycles. The Balaban J connectivity index is 2.25. The predicted octanol–water partition coefficient (Wildman–Crippen LogP) is 0.810. The Bertz CT molecular complexity index is 699. The number of aliphatic carboxylic acids is 1. The van der Waals surface area contributed by atoms with Gasteiger partial charge in [0, 0.05) is 24.8 Å². The number of hydrogen-bond acceptors (Lipinski definition) is 4. The normalized spacial score (nSPS) is 15.4. The van der Waals surface area contributed by atoms with E-state index in [0.717, 1.165) is 18.2 Å². The minimum atomic E-state index is -3.99. The molecule has 1 amide bonds. The van der Waals surface area contributed by atoms with Crippen LogP contribution in [0, 0.1) is 0 Å². The third-order valence-electron chi connectivity index (χ3n) is 3.43. The number of hydrogen-bond donors (Lipinski definition) is 2. The van der Waals surface area contributed by atoms with Crippen molar-refractivity contribution in [3.63, 3.8) is 0 Å². The lowest BCUT2D eigenvalue weighted by molar-refractivity contribution is -0.136. The highest BCUT2D eigenvalue weighted by Crippen LogP contribution is 2.30. The fourth-order valence-corrected chi connectivity index (χ4v) is 3.08. The Hall–Kier alpha value is -2.09. The van der Waals surface area contributed by atoms with Gasteiger partial charge in [0.1, 0.15) is 0 Å². The Labute approximate surface area is 122 Å². The first-order valence-corrected chi connectivity index (χ1v) is 7.92. The smallest absolute Gasteiger partial charge is 0.323 e. The molecule has 0 saturated heterocycles. The summed E-state index contributed by atoms with van der Waals surface area (Å²) in [5.74, 6) is -1.48. The molecular weight excluding hydrogens is 296 g/mol. The fraction of sp³-hybridized carbons (Fsp3) is 0.385. The van der Waals surface area contributed by atoms with Crippen molar-refractivity contribution in [2.45, 2.75) is 25.5 Å². The van der Waals surface area contributed by atoms with Crippen molar-refractivity contribution in [2.24, 2.45) is 0 Å². The summed E-state index contributed by atoms with van der Waals surface area (Å²) in [7, 11) is -3.99. The van der Waals surface area contributed by atoms with Gasteiger partial charge in [0.2, 0.25) is 15.9 Å². The van der Waals surface area contributed by atoms with Crippen LogP contribution < -0.4 is 9.62 Å². The summed E-state index contributed by atoms with van der Waals surface area (Å²) in [6.45, 7) is 3.14. The first kappa shape index (κ1) is 15.3. The fourth-order valence-electron chi connectivity index (χ4n) is 2.18. The van der Waals surface area contributed by atoms with Gasteiger partial charge in [-0.15, -0.1) is 0 Å². The van der Waals surface area contributed by atoms with E-state index < -0.39 is 21.2 Å². The Morgan fingerprint density at radius 3 is 2.62 bits per heavy atom. The molecule has 0 radical (unpaired) electrons. The maximum atomic E-state index is 11.9. The van der Waals surface area contributed by atoms with Gasteiger partial charge in [-0.2, -0.15) is 0 Å². The number of benzene rings is 1. The lowest BCUT2D eigenvalue weighted by Gasteiger charge is -2.16. The van der Waals surface area contributed by atoms with Crippen LogP contribution in [0.2, 0.25) is 0 Å². The van der Waals surface area contributed by atoms with E-state index in [1.54, 1.807) is 17.0 Å². The van der Waals surface area contributed by atoms with Crippen molar-refractivity contribution < 1.29 is 23.1 Å². The molecule has 1 aromatic carbocycles. The quantitative estimate of drug-likeness (QED) is 0.856. The molecular formula is C13H16N2O5S. The molecule has 1 aliphatic heterocycles. The number of sulfonamides is 1. The predicted molar refractivity (Wildman–Crippen MR) is 77.8 cm³/mol. The summed E-state index contributed by atoms with van der Waals surface area (Å²) in [5.41, 5.74) is 1.91. The number of anilines is 2. The Kier molecular flexibility index (Phi) is 3.91. The van der Waals surface area contributed by atoms with E-state index in [4.69, 9.17) is 5.11 Å². The topological polar surface area (TPSA) is 104 Å². The summed E-state index contributed by atoms with van der Waals surface area (Å²) in [6.07, 6.45) is 0.638. The van der Waals surface area contributed by atoms with Crippen molar-refractivity contribution in [1.82, 2.24) is 0 Å². The number of carbonyl (C=O) groups is 2. The highest BCUT2D eigenvalue weighted by atomic mass is 32.2. The molecule has 0 fully saturated rings.